The highest BCUT2D eigenvalue weighted by molar-refractivity contribution is 6.11. The number of nitrogens with two attached hydrogens (primary N) is 1. The van der Waals surface area contributed by atoms with E-state index in [1.54, 1.807) is 23.8 Å². The third kappa shape index (κ3) is 3.50. The number of halogens is 1. The van der Waals surface area contributed by atoms with Crippen molar-refractivity contribution in [3.63, 3.8) is 0 Å². The maximum absolute atomic E-state index is 13.9. The van der Waals surface area contributed by atoms with E-state index in [1.807, 2.05) is 24.3 Å². The molecule has 29 heavy (non-hydrogen) atoms. The lowest BCUT2D eigenvalue weighted by Crippen LogP contribution is -2.26. The van der Waals surface area contributed by atoms with Crippen LogP contribution in [-0.2, 0) is 4.74 Å². The normalized spacial score (nSPS) is 11.2. The summed E-state index contributed by atoms with van der Waals surface area (Å²) in [7, 11) is 1.60. The molecule has 3 N–H and O–H groups in total. The van der Waals surface area contributed by atoms with Crippen LogP contribution >= 0.6 is 0 Å². The number of ether oxygens (including phenoxy) is 1. The number of amides is 1. The summed E-state index contributed by atoms with van der Waals surface area (Å²) in [5.74, 6) is -0.614. The van der Waals surface area contributed by atoms with Crippen LogP contribution in [0.3, 0.4) is 0 Å². The van der Waals surface area contributed by atoms with E-state index in [0.717, 1.165) is 0 Å². The average molecular weight is 393 g/mol. The third-order valence-electron chi connectivity index (χ3n) is 4.60. The number of carbonyl (C=O) groups is 1. The van der Waals surface area contributed by atoms with Gasteiger partial charge in [0, 0.05) is 20.3 Å². The number of hydrogen-bond acceptors (Lipinski definition) is 5. The fraction of sp³-hybridized carbons (Fsp3) is 0.190. The van der Waals surface area contributed by atoms with Gasteiger partial charge in [0.05, 0.1) is 16.7 Å². The highest BCUT2D eigenvalue weighted by atomic mass is 19.1. The van der Waals surface area contributed by atoms with Crippen molar-refractivity contribution >= 4 is 33.9 Å². The summed E-state index contributed by atoms with van der Waals surface area (Å²) in [4.78, 5) is 22.2. The molecule has 7 nitrogen and oxygen atoms in total. The zero-order valence-electron chi connectivity index (χ0n) is 15.9. The molecular formula is C21H20FN5O2. The van der Waals surface area contributed by atoms with Crippen LogP contribution in [0.25, 0.3) is 27.9 Å². The number of fused-ring (bicyclic) bond motifs is 2. The Labute approximate surface area is 166 Å². The third-order valence-corrected chi connectivity index (χ3v) is 4.60. The minimum absolute atomic E-state index is 0.158. The highest BCUT2D eigenvalue weighted by Gasteiger charge is 2.24. The number of nitrogens with zero attached hydrogens (tertiary/aromatic N) is 3. The van der Waals surface area contributed by atoms with Gasteiger partial charge >= 0.3 is 0 Å². The standard InChI is InChI=1S/C21H20FN5O2/c1-29-11-5-10-24-21(28)17-18-20(26-16-9-3-2-8-15(16)25-18)27(19(17)23)14-7-4-6-13(22)12-14/h2-4,6-9,12H,5,10-11,23H2,1H3,(H,24,28). The zero-order valence-corrected chi connectivity index (χ0v) is 15.9. The van der Waals surface area contributed by atoms with Crippen LogP contribution in [0.5, 0.6) is 0 Å². The zero-order chi connectivity index (χ0) is 20.4. The quantitative estimate of drug-likeness (QED) is 0.491. The summed E-state index contributed by atoms with van der Waals surface area (Å²) in [5.41, 5.74) is 9.12. The summed E-state index contributed by atoms with van der Waals surface area (Å²) in [6, 6.07) is 13.3. The van der Waals surface area contributed by atoms with E-state index < -0.39 is 5.82 Å². The van der Waals surface area contributed by atoms with Gasteiger partial charge in [-0.05, 0) is 36.8 Å². The van der Waals surface area contributed by atoms with E-state index in [0.29, 0.717) is 47.5 Å². The number of nitrogens with one attached hydrogen (secondary N) is 1. The van der Waals surface area contributed by atoms with Crippen LogP contribution in [-0.4, -0.2) is 40.7 Å². The molecule has 0 bridgehead atoms. The summed E-state index contributed by atoms with van der Waals surface area (Å²) in [6.45, 7) is 0.963. The molecule has 4 aromatic rings. The first-order valence-electron chi connectivity index (χ1n) is 9.20. The predicted octanol–water partition coefficient (Wildman–Crippen LogP) is 3.06. The van der Waals surface area contributed by atoms with Gasteiger partial charge in [-0.15, -0.1) is 0 Å². The average Bonchev–Trinajstić information content (AvgIpc) is 3.00. The maximum Gasteiger partial charge on any atom is 0.257 e. The molecule has 8 heteroatoms. The van der Waals surface area contributed by atoms with Gasteiger partial charge in [0.25, 0.3) is 5.91 Å². The second-order valence-electron chi connectivity index (χ2n) is 6.56. The Bertz CT molecular complexity index is 1200. The number of benzene rings is 2. The molecule has 2 heterocycles. The van der Waals surface area contributed by atoms with Gasteiger partial charge in [-0.25, -0.2) is 14.4 Å². The molecule has 0 aliphatic heterocycles. The molecule has 0 saturated carbocycles. The summed E-state index contributed by atoms with van der Waals surface area (Å²) < 4.78 is 20.4. The maximum atomic E-state index is 13.9. The van der Waals surface area contributed by atoms with Crippen LogP contribution in [0.2, 0.25) is 0 Å². The Morgan fingerprint density at radius 3 is 2.66 bits per heavy atom. The lowest BCUT2D eigenvalue weighted by molar-refractivity contribution is 0.0951. The molecule has 2 aromatic carbocycles. The number of nitrogen functional groups attached to an aromatic ring is 1. The molecule has 0 aliphatic rings. The number of anilines is 1. The molecule has 1 amide bonds. The van der Waals surface area contributed by atoms with Gasteiger partial charge in [0.2, 0.25) is 0 Å². The Hall–Kier alpha value is -3.52. The largest absolute Gasteiger partial charge is 0.385 e. The van der Waals surface area contributed by atoms with E-state index in [2.05, 4.69) is 15.3 Å². The van der Waals surface area contributed by atoms with E-state index in [-0.39, 0.29) is 17.3 Å². The van der Waals surface area contributed by atoms with Crippen LogP contribution in [0, 0.1) is 5.82 Å². The number of aromatic nitrogens is 3. The Balaban J connectivity index is 1.91. The molecule has 0 aliphatic carbocycles. The van der Waals surface area contributed by atoms with Crippen LogP contribution in [0.15, 0.2) is 48.5 Å². The molecule has 0 fully saturated rings. The van der Waals surface area contributed by atoms with Gasteiger partial charge in [0.15, 0.2) is 5.65 Å². The molecule has 2 aromatic heterocycles. The van der Waals surface area contributed by atoms with Crippen molar-refractivity contribution in [3.05, 3.63) is 59.9 Å². The van der Waals surface area contributed by atoms with Gasteiger partial charge < -0.3 is 15.8 Å². The SMILES string of the molecule is COCCCNC(=O)c1c(N)n(-c2cccc(F)c2)c2nc3ccccc3nc12. The van der Waals surface area contributed by atoms with Crippen LogP contribution in [0.1, 0.15) is 16.8 Å². The van der Waals surface area contributed by atoms with Crippen molar-refractivity contribution in [1.29, 1.82) is 0 Å². The lowest BCUT2D eigenvalue weighted by Gasteiger charge is -2.08. The van der Waals surface area contributed by atoms with Crippen molar-refractivity contribution in [3.8, 4) is 5.69 Å². The fourth-order valence-electron chi connectivity index (χ4n) is 3.27. The first-order chi connectivity index (χ1) is 14.1. The number of rotatable bonds is 6. The van der Waals surface area contributed by atoms with Gasteiger partial charge in [-0.2, -0.15) is 0 Å². The van der Waals surface area contributed by atoms with E-state index in [9.17, 15) is 9.18 Å². The molecule has 0 unspecified atom stereocenters. The molecule has 0 atom stereocenters. The van der Waals surface area contributed by atoms with Gasteiger partial charge in [0.1, 0.15) is 22.7 Å². The summed E-state index contributed by atoms with van der Waals surface area (Å²) in [6.07, 6.45) is 0.666. The number of para-hydroxylation sites is 2. The Morgan fingerprint density at radius 1 is 1.17 bits per heavy atom. The molecule has 0 saturated heterocycles. The minimum atomic E-state index is -0.414. The highest BCUT2D eigenvalue weighted by Crippen LogP contribution is 2.31. The second kappa shape index (κ2) is 7.84. The predicted molar refractivity (Wildman–Crippen MR) is 110 cm³/mol. The fourth-order valence-corrected chi connectivity index (χ4v) is 3.27. The molecule has 0 spiro atoms. The number of carbonyl (C=O) groups excluding carboxylic acids is 1. The number of hydrogen-bond donors (Lipinski definition) is 2. The molecule has 4 rings (SSSR count). The molecular weight excluding hydrogens is 373 g/mol. The molecule has 0 radical (unpaired) electrons. The first-order valence-corrected chi connectivity index (χ1v) is 9.20. The van der Waals surface area contributed by atoms with E-state index in [1.165, 1.54) is 12.1 Å². The first kappa shape index (κ1) is 18.8. The monoisotopic (exact) mass is 393 g/mol. The van der Waals surface area contributed by atoms with Gasteiger partial charge in [-0.1, -0.05) is 18.2 Å². The Kier molecular flexibility index (Phi) is 5.09. The molecule has 148 valence electrons. The van der Waals surface area contributed by atoms with Crippen molar-refractivity contribution in [2.45, 2.75) is 6.42 Å². The summed E-state index contributed by atoms with van der Waals surface area (Å²) >= 11 is 0. The van der Waals surface area contributed by atoms with Crippen molar-refractivity contribution < 1.29 is 13.9 Å². The van der Waals surface area contributed by atoms with E-state index in [4.69, 9.17) is 10.5 Å². The smallest absolute Gasteiger partial charge is 0.257 e. The van der Waals surface area contributed by atoms with Crippen molar-refractivity contribution in [2.75, 3.05) is 26.0 Å². The lowest BCUT2D eigenvalue weighted by atomic mass is 10.2. The van der Waals surface area contributed by atoms with Crippen LogP contribution < -0.4 is 11.1 Å². The summed E-state index contributed by atoms with van der Waals surface area (Å²) in [5, 5.41) is 2.84. The van der Waals surface area contributed by atoms with Gasteiger partial charge in [-0.3, -0.25) is 9.36 Å². The van der Waals surface area contributed by atoms with E-state index >= 15 is 0 Å². The van der Waals surface area contributed by atoms with Crippen molar-refractivity contribution in [2.24, 2.45) is 0 Å². The topological polar surface area (TPSA) is 95.1 Å². The minimum Gasteiger partial charge on any atom is -0.385 e. The Morgan fingerprint density at radius 2 is 1.93 bits per heavy atom. The van der Waals surface area contributed by atoms with Crippen molar-refractivity contribution in [1.82, 2.24) is 19.9 Å². The second-order valence-corrected chi connectivity index (χ2v) is 6.56. The van der Waals surface area contributed by atoms with Crippen LogP contribution in [0.4, 0.5) is 10.2 Å². The number of methoxy groups -OCH3 is 1.